The Morgan fingerprint density at radius 1 is 1.47 bits per heavy atom. The van der Waals surface area contributed by atoms with Crippen LogP contribution >= 0.6 is 11.8 Å². The van der Waals surface area contributed by atoms with Gasteiger partial charge in [0, 0.05) is 6.04 Å². The van der Waals surface area contributed by atoms with Crippen molar-refractivity contribution < 1.29 is 4.74 Å². The lowest BCUT2D eigenvalue weighted by atomic mass is 10.3. The van der Waals surface area contributed by atoms with Crippen LogP contribution in [0.5, 0.6) is 5.75 Å². The molecular formula is C10H17N3OS. The van der Waals surface area contributed by atoms with Crippen LogP contribution in [-0.4, -0.2) is 35.1 Å². The number of methoxy groups -OCH3 is 1. The molecular weight excluding hydrogens is 210 g/mol. The fraction of sp³-hybridized carbons (Fsp3) is 0.600. The Bertz CT molecular complexity index is 279. The number of ether oxygens (including phenoxy) is 1. The fourth-order valence-electron chi connectivity index (χ4n) is 1.08. The molecule has 0 bridgehead atoms. The molecule has 0 fully saturated rings. The summed E-state index contributed by atoms with van der Waals surface area (Å²) in [5.74, 6) is 2.48. The molecule has 0 amide bonds. The molecule has 0 saturated heterocycles. The Labute approximate surface area is 94.8 Å². The first-order valence-electron chi connectivity index (χ1n) is 4.87. The van der Waals surface area contributed by atoms with Gasteiger partial charge in [0.1, 0.15) is 0 Å². The van der Waals surface area contributed by atoms with Crippen LogP contribution < -0.4 is 10.1 Å². The molecule has 84 valence electrons. The Kier molecular flexibility index (Phi) is 5.25. The monoisotopic (exact) mass is 227 g/mol. The first-order chi connectivity index (χ1) is 7.26. The molecule has 0 aliphatic carbocycles. The zero-order valence-corrected chi connectivity index (χ0v) is 10.2. The average Bonchev–Trinajstić information content (AvgIpc) is 2.27. The van der Waals surface area contributed by atoms with Crippen LogP contribution in [0.15, 0.2) is 12.4 Å². The third-order valence-electron chi connectivity index (χ3n) is 1.99. The summed E-state index contributed by atoms with van der Waals surface area (Å²) in [4.78, 5) is 8.29. The van der Waals surface area contributed by atoms with Crippen molar-refractivity contribution in [2.75, 3.05) is 24.4 Å². The third-order valence-corrected chi connectivity index (χ3v) is 2.64. The number of rotatable bonds is 6. The zero-order chi connectivity index (χ0) is 11.1. The fourth-order valence-corrected chi connectivity index (χ4v) is 1.67. The minimum Gasteiger partial charge on any atom is -0.494 e. The maximum Gasteiger partial charge on any atom is 0.223 e. The Hall–Kier alpha value is -0.970. The SMILES string of the molecule is COc1cnc(NC(C)CCSC)nc1. The maximum absolute atomic E-state index is 4.98. The van der Waals surface area contributed by atoms with Gasteiger partial charge in [0.2, 0.25) is 5.95 Å². The lowest BCUT2D eigenvalue weighted by Crippen LogP contribution is -2.17. The number of nitrogens with zero attached hydrogens (tertiary/aromatic N) is 2. The van der Waals surface area contributed by atoms with E-state index in [9.17, 15) is 0 Å². The van der Waals surface area contributed by atoms with E-state index in [1.165, 1.54) is 0 Å². The number of aromatic nitrogens is 2. The zero-order valence-electron chi connectivity index (χ0n) is 9.36. The highest BCUT2D eigenvalue weighted by atomic mass is 32.2. The van der Waals surface area contributed by atoms with E-state index in [1.54, 1.807) is 19.5 Å². The Balaban J connectivity index is 2.42. The number of thioether (sulfide) groups is 1. The van der Waals surface area contributed by atoms with E-state index in [-0.39, 0.29) is 0 Å². The van der Waals surface area contributed by atoms with Crippen molar-refractivity contribution in [1.29, 1.82) is 0 Å². The molecule has 1 atom stereocenters. The van der Waals surface area contributed by atoms with Crippen molar-refractivity contribution >= 4 is 17.7 Å². The van der Waals surface area contributed by atoms with Gasteiger partial charge < -0.3 is 10.1 Å². The molecule has 1 aromatic heterocycles. The quantitative estimate of drug-likeness (QED) is 0.806. The smallest absolute Gasteiger partial charge is 0.223 e. The van der Waals surface area contributed by atoms with Crippen LogP contribution in [0, 0.1) is 0 Å². The summed E-state index contributed by atoms with van der Waals surface area (Å²) in [7, 11) is 1.60. The average molecular weight is 227 g/mol. The van der Waals surface area contributed by atoms with Gasteiger partial charge in [-0.3, -0.25) is 0 Å². The molecule has 4 nitrogen and oxygen atoms in total. The van der Waals surface area contributed by atoms with Gasteiger partial charge in [0.25, 0.3) is 0 Å². The second kappa shape index (κ2) is 6.50. The first-order valence-corrected chi connectivity index (χ1v) is 6.27. The maximum atomic E-state index is 4.98. The van der Waals surface area contributed by atoms with E-state index in [1.807, 2.05) is 11.8 Å². The molecule has 0 saturated carbocycles. The highest BCUT2D eigenvalue weighted by Crippen LogP contribution is 2.09. The second-order valence-electron chi connectivity index (χ2n) is 3.27. The molecule has 5 heteroatoms. The van der Waals surface area contributed by atoms with Gasteiger partial charge in [0.05, 0.1) is 19.5 Å². The van der Waals surface area contributed by atoms with Gasteiger partial charge in [-0.05, 0) is 25.4 Å². The van der Waals surface area contributed by atoms with E-state index in [4.69, 9.17) is 4.74 Å². The summed E-state index contributed by atoms with van der Waals surface area (Å²) >= 11 is 1.85. The van der Waals surface area contributed by atoms with Gasteiger partial charge in [-0.25, -0.2) is 9.97 Å². The normalized spacial score (nSPS) is 12.2. The standard InChI is InChI=1S/C10H17N3OS/c1-8(4-5-15-3)13-10-11-6-9(14-2)7-12-10/h6-8H,4-5H2,1-3H3,(H,11,12,13). The van der Waals surface area contributed by atoms with Gasteiger partial charge >= 0.3 is 0 Å². The Morgan fingerprint density at radius 3 is 2.67 bits per heavy atom. The van der Waals surface area contributed by atoms with Gasteiger partial charge in [-0.1, -0.05) is 0 Å². The number of nitrogens with one attached hydrogen (secondary N) is 1. The third kappa shape index (κ3) is 4.38. The molecule has 0 aliphatic rings. The topological polar surface area (TPSA) is 47.0 Å². The van der Waals surface area contributed by atoms with Gasteiger partial charge in [-0.2, -0.15) is 11.8 Å². The molecule has 0 aromatic carbocycles. The Morgan fingerprint density at radius 2 is 2.13 bits per heavy atom. The van der Waals surface area contributed by atoms with Crippen LogP contribution in [0.4, 0.5) is 5.95 Å². The van der Waals surface area contributed by atoms with Crippen LogP contribution in [0.25, 0.3) is 0 Å². The minimum absolute atomic E-state index is 0.394. The van der Waals surface area contributed by atoms with Gasteiger partial charge in [-0.15, -0.1) is 0 Å². The largest absolute Gasteiger partial charge is 0.494 e. The minimum atomic E-state index is 0.394. The van der Waals surface area contributed by atoms with E-state index < -0.39 is 0 Å². The van der Waals surface area contributed by atoms with Crippen LogP contribution in [0.1, 0.15) is 13.3 Å². The molecule has 1 aromatic rings. The second-order valence-corrected chi connectivity index (χ2v) is 4.26. The lowest BCUT2D eigenvalue weighted by Gasteiger charge is -2.12. The van der Waals surface area contributed by atoms with Crippen molar-refractivity contribution in [2.45, 2.75) is 19.4 Å². The number of anilines is 1. The summed E-state index contributed by atoms with van der Waals surface area (Å²) in [5, 5.41) is 3.24. The van der Waals surface area contributed by atoms with E-state index in [2.05, 4.69) is 28.5 Å². The summed E-state index contributed by atoms with van der Waals surface area (Å²) in [6, 6.07) is 0.394. The number of hydrogen-bond acceptors (Lipinski definition) is 5. The van der Waals surface area contributed by atoms with E-state index in [0.29, 0.717) is 17.7 Å². The molecule has 0 spiro atoms. The van der Waals surface area contributed by atoms with Crippen molar-refractivity contribution in [3.05, 3.63) is 12.4 Å². The summed E-state index contributed by atoms with van der Waals surface area (Å²) in [6.45, 7) is 2.13. The lowest BCUT2D eigenvalue weighted by molar-refractivity contribution is 0.411. The molecule has 1 N–H and O–H groups in total. The van der Waals surface area contributed by atoms with E-state index >= 15 is 0 Å². The van der Waals surface area contributed by atoms with Crippen molar-refractivity contribution in [3.63, 3.8) is 0 Å². The van der Waals surface area contributed by atoms with Crippen molar-refractivity contribution in [2.24, 2.45) is 0 Å². The summed E-state index contributed by atoms with van der Waals surface area (Å²) < 4.78 is 4.98. The predicted molar refractivity (Wildman–Crippen MR) is 64.7 cm³/mol. The van der Waals surface area contributed by atoms with Crippen LogP contribution in [0.3, 0.4) is 0 Å². The predicted octanol–water partition coefficient (Wildman–Crippen LogP) is 2.04. The number of hydrogen-bond donors (Lipinski definition) is 1. The highest BCUT2D eigenvalue weighted by Gasteiger charge is 2.03. The van der Waals surface area contributed by atoms with Crippen molar-refractivity contribution in [3.8, 4) is 5.75 Å². The van der Waals surface area contributed by atoms with Gasteiger partial charge in [0.15, 0.2) is 5.75 Å². The molecule has 1 heterocycles. The van der Waals surface area contributed by atoms with Crippen LogP contribution in [-0.2, 0) is 0 Å². The summed E-state index contributed by atoms with van der Waals surface area (Å²) in [5.41, 5.74) is 0. The first kappa shape index (κ1) is 12.1. The molecule has 0 aliphatic heterocycles. The van der Waals surface area contributed by atoms with Crippen LogP contribution in [0.2, 0.25) is 0 Å². The van der Waals surface area contributed by atoms with E-state index in [0.717, 1.165) is 12.2 Å². The highest BCUT2D eigenvalue weighted by molar-refractivity contribution is 7.98. The molecule has 15 heavy (non-hydrogen) atoms. The molecule has 1 unspecified atom stereocenters. The van der Waals surface area contributed by atoms with Crippen molar-refractivity contribution in [1.82, 2.24) is 9.97 Å². The molecule has 0 radical (unpaired) electrons. The summed E-state index contributed by atoms with van der Waals surface area (Å²) in [6.07, 6.45) is 6.54. The molecule has 1 rings (SSSR count).